The summed E-state index contributed by atoms with van der Waals surface area (Å²) in [4.78, 5) is 0. The Bertz CT molecular complexity index is 277. The fourth-order valence-corrected chi connectivity index (χ4v) is 3.24. The lowest BCUT2D eigenvalue weighted by atomic mass is 9.74. The first-order chi connectivity index (χ1) is 8.26. The zero-order chi connectivity index (χ0) is 12.3. The maximum atomic E-state index is 5.70. The molecule has 0 spiro atoms. The molecule has 0 saturated heterocycles. The zero-order valence-electron chi connectivity index (χ0n) is 11.2. The number of nitrogens with one attached hydrogen (secondary N) is 1. The van der Waals surface area contributed by atoms with Gasteiger partial charge in [0.1, 0.15) is 0 Å². The molecule has 17 heavy (non-hydrogen) atoms. The smallest absolute Gasteiger partial charge is 0.0641 e. The van der Waals surface area contributed by atoms with Crippen LogP contribution in [-0.2, 0) is 9.47 Å². The third-order valence-electron chi connectivity index (χ3n) is 4.31. The van der Waals surface area contributed by atoms with Crippen LogP contribution in [0.5, 0.6) is 0 Å². The van der Waals surface area contributed by atoms with Crippen molar-refractivity contribution in [2.75, 3.05) is 27.3 Å². The van der Waals surface area contributed by atoms with E-state index in [1.165, 1.54) is 5.57 Å². The molecule has 3 heteroatoms. The fraction of sp³-hybridized carbons (Fsp3) is 0.857. The molecular weight excluding hydrogens is 214 g/mol. The molecule has 4 atom stereocenters. The normalized spacial score (nSPS) is 38.9. The number of hydrogen-bond donors (Lipinski definition) is 1. The van der Waals surface area contributed by atoms with Crippen molar-refractivity contribution in [3.8, 4) is 0 Å². The minimum atomic E-state index is 0.363. The maximum Gasteiger partial charge on any atom is 0.0641 e. The first-order valence-corrected chi connectivity index (χ1v) is 6.71. The topological polar surface area (TPSA) is 30.5 Å². The highest BCUT2D eigenvalue weighted by Crippen LogP contribution is 2.36. The summed E-state index contributed by atoms with van der Waals surface area (Å²) in [6, 6.07) is 0. The van der Waals surface area contributed by atoms with Gasteiger partial charge in [-0.3, -0.25) is 0 Å². The van der Waals surface area contributed by atoms with E-state index < -0.39 is 0 Å². The molecule has 0 radical (unpaired) electrons. The van der Waals surface area contributed by atoms with Gasteiger partial charge >= 0.3 is 0 Å². The van der Waals surface area contributed by atoms with Crippen LogP contribution in [0.25, 0.3) is 0 Å². The van der Waals surface area contributed by atoms with Gasteiger partial charge in [0.15, 0.2) is 0 Å². The van der Waals surface area contributed by atoms with Crippen molar-refractivity contribution in [2.24, 2.45) is 11.8 Å². The van der Waals surface area contributed by atoms with Gasteiger partial charge < -0.3 is 14.8 Å². The van der Waals surface area contributed by atoms with E-state index in [9.17, 15) is 0 Å². The summed E-state index contributed by atoms with van der Waals surface area (Å²) in [6.45, 7) is 4.40. The lowest BCUT2D eigenvalue weighted by Crippen LogP contribution is -2.42. The quantitative estimate of drug-likeness (QED) is 0.764. The number of hydrogen-bond acceptors (Lipinski definition) is 3. The second-order valence-electron chi connectivity index (χ2n) is 5.35. The first kappa shape index (κ1) is 13.1. The predicted octanol–water partition coefficient (Wildman–Crippen LogP) is 1.98. The summed E-state index contributed by atoms with van der Waals surface area (Å²) in [5, 5.41) is 3.46. The molecule has 1 aliphatic carbocycles. The van der Waals surface area contributed by atoms with E-state index in [0.29, 0.717) is 24.0 Å². The summed E-state index contributed by atoms with van der Waals surface area (Å²) in [6.07, 6.45) is 6.50. The van der Waals surface area contributed by atoms with E-state index in [4.69, 9.17) is 9.47 Å². The SMILES string of the molecule is COC1CC(C2=CCCNC2)C(OC)CC1C. The van der Waals surface area contributed by atoms with Gasteiger partial charge in [-0.15, -0.1) is 0 Å². The number of ether oxygens (including phenoxy) is 2. The summed E-state index contributed by atoms with van der Waals surface area (Å²) < 4.78 is 11.3. The Hall–Kier alpha value is -0.380. The van der Waals surface area contributed by atoms with Crippen LogP contribution in [-0.4, -0.2) is 39.5 Å². The summed E-state index contributed by atoms with van der Waals surface area (Å²) >= 11 is 0. The molecule has 0 aromatic heterocycles. The lowest BCUT2D eigenvalue weighted by Gasteiger charge is -2.40. The van der Waals surface area contributed by atoms with Crippen LogP contribution >= 0.6 is 0 Å². The molecule has 2 aliphatic rings. The predicted molar refractivity (Wildman–Crippen MR) is 69.1 cm³/mol. The van der Waals surface area contributed by atoms with Crippen LogP contribution < -0.4 is 5.32 Å². The molecule has 1 fully saturated rings. The Balaban J connectivity index is 2.09. The summed E-state index contributed by atoms with van der Waals surface area (Å²) in [5.74, 6) is 1.13. The molecule has 98 valence electrons. The Morgan fingerprint density at radius 3 is 2.53 bits per heavy atom. The lowest BCUT2D eigenvalue weighted by molar-refractivity contribution is -0.0535. The van der Waals surface area contributed by atoms with Gasteiger partial charge in [0.2, 0.25) is 0 Å². The molecule has 1 aliphatic heterocycles. The monoisotopic (exact) mass is 239 g/mol. The third kappa shape index (κ3) is 2.90. The third-order valence-corrected chi connectivity index (χ3v) is 4.31. The van der Waals surface area contributed by atoms with Crippen LogP contribution in [0, 0.1) is 11.8 Å². The number of methoxy groups -OCH3 is 2. The van der Waals surface area contributed by atoms with E-state index in [2.05, 4.69) is 18.3 Å². The van der Waals surface area contributed by atoms with E-state index in [1.807, 2.05) is 14.2 Å². The second-order valence-corrected chi connectivity index (χ2v) is 5.35. The van der Waals surface area contributed by atoms with Crippen molar-refractivity contribution in [3.05, 3.63) is 11.6 Å². The highest BCUT2D eigenvalue weighted by atomic mass is 16.5. The van der Waals surface area contributed by atoms with Gasteiger partial charge in [0.05, 0.1) is 12.2 Å². The highest BCUT2D eigenvalue weighted by molar-refractivity contribution is 5.15. The van der Waals surface area contributed by atoms with Crippen molar-refractivity contribution in [1.29, 1.82) is 0 Å². The van der Waals surface area contributed by atoms with Crippen molar-refractivity contribution in [1.82, 2.24) is 5.32 Å². The Morgan fingerprint density at radius 1 is 1.18 bits per heavy atom. The van der Waals surface area contributed by atoms with Gasteiger partial charge in [-0.05, 0) is 31.7 Å². The van der Waals surface area contributed by atoms with Crippen LogP contribution in [0.4, 0.5) is 0 Å². The van der Waals surface area contributed by atoms with Crippen molar-refractivity contribution < 1.29 is 9.47 Å². The molecule has 2 rings (SSSR count). The van der Waals surface area contributed by atoms with Crippen LogP contribution in [0.1, 0.15) is 26.2 Å². The van der Waals surface area contributed by atoms with Crippen molar-refractivity contribution >= 4 is 0 Å². The standard InChI is InChI=1S/C14H25NO2/c1-10-7-14(17-3)12(8-13(10)16-2)11-5-4-6-15-9-11/h5,10,12-15H,4,6-9H2,1-3H3. The van der Waals surface area contributed by atoms with Crippen LogP contribution in [0.3, 0.4) is 0 Å². The molecule has 1 saturated carbocycles. The van der Waals surface area contributed by atoms with Crippen molar-refractivity contribution in [2.45, 2.75) is 38.4 Å². The molecule has 0 aromatic rings. The Morgan fingerprint density at radius 2 is 1.94 bits per heavy atom. The van der Waals surface area contributed by atoms with Crippen molar-refractivity contribution in [3.63, 3.8) is 0 Å². The molecular formula is C14H25NO2. The molecule has 0 aromatic carbocycles. The highest BCUT2D eigenvalue weighted by Gasteiger charge is 2.37. The minimum absolute atomic E-state index is 0.363. The van der Waals surface area contributed by atoms with E-state index >= 15 is 0 Å². The Labute approximate surface area is 105 Å². The molecule has 0 amide bonds. The molecule has 3 nitrogen and oxygen atoms in total. The van der Waals surface area contributed by atoms with E-state index in [1.54, 1.807) is 0 Å². The van der Waals surface area contributed by atoms with Gasteiger partial charge in [0.25, 0.3) is 0 Å². The molecule has 4 unspecified atom stereocenters. The second kappa shape index (κ2) is 5.98. The molecule has 1 heterocycles. The fourth-order valence-electron chi connectivity index (χ4n) is 3.24. The van der Waals surface area contributed by atoms with Gasteiger partial charge in [-0.1, -0.05) is 18.6 Å². The first-order valence-electron chi connectivity index (χ1n) is 6.71. The minimum Gasteiger partial charge on any atom is -0.381 e. The van der Waals surface area contributed by atoms with E-state index in [-0.39, 0.29) is 0 Å². The molecule has 0 bridgehead atoms. The zero-order valence-corrected chi connectivity index (χ0v) is 11.2. The van der Waals surface area contributed by atoms with E-state index in [0.717, 1.165) is 32.4 Å². The summed E-state index contributed by atoms with van der Waals surface area (Å²) in [5.41, 5.74) is 1.53. The Kier molecular flexibility index (Phi) is 4.60. The largest absolute Gasteiger partial charge is 0.381 e. The average Bonchev–Trinajstić information content (AvgIpc) is 2.39. The average molecular weight is 239 g/mol. The number of rotatable bonds is 3. The van der Waals surface area contributed by atoms with Crippen LogP contribution in [0.2, 0.25) is 0 Å². The molecule has 1 N–H and O–H groups in total. The maximum absolute atomic E-state index is 5.70. The summed E-state index contributed by atoms with van der Waals surface area (Å²) in [7, 11) is 3.67. The van der Waals surface area contributed by atoms with Gasteiger partial charge in [0, 0.05) is 26.7 Å². The van der Waals surface area contributed by atoms with Gasteiger partial charge in [-0.25, -0.2) is 0 Å². The van der Waals surface area contributed by atoms with Gasteiger partial charge in [-0.2, -0.15) is 0 Å². The van der Waals surface area contributed by atoms with Crippen LogP contribution in [0.15, 0.2) is 11.6 Å².